The van der Waals surface area contributed by atoms with E-state index in [4.69, 9.17) is 19.9 Å². The van der Waals surface area contributed by atoms with Crippen LogP contribution in [0.15, 0.2) is 127 Å². The number of hydrogen-bond donors (Lipinski definition) is 0. The molecule has 0 unspecified atom stereocenters. The average Bonchev–Trinajstić information content (AvgIpc) is 3.55. The third-order valence-corrected chi connectivity index (χ3v) is 8.21. The molecule has 0 spiro atoms. The molecule has 0 fully saturated rings. The van der Waals surface area contributed by atoms with Crippen molar-refractivity contribution in [2.75, 3.05) is 0 Å². The first-order chi connectivity index (χ1) is 20.6. The van der Waals surface area contributed by atoms with E-state index in [-0.39, 0.29) is 5.41 Å². The lowest BCUT2D eigenvalue weighted by molar-refractivity contribution is 0.621. The van der Waals surface area contributed by atoms with Gasteiger partial charge in [-0.15, -0.1) is 0 Å². The van der Waals surface area contributed by atoms with Crippen molar-refractivity contribution in [3.05, 3.63) is 139 Å². The molecule has 0 radical (unpaired) electrons. The lowest BCUT2D eigenvalue weighted by Gasteiger charge is -2.18. The van der Waals surface area contributed by atoms with Gasteiger partial charge in [-0.2, -0.15) is 0 Å². The molecule has 3 heterocycles. The second-order valence-corrected chi connectivity index (χ2v) is 11.2. The predicted molar refractivity (Wildman–Crippen MR) is 168 cm³/mol. The van der Waals surface area contributed by atoms with Gasteiger partial charge in [0.25, 0.3) is 0 Å². The highest BCUT2D eigenvalue weighted by molar-refractivity contribution is 5.82. The highest BCUT2D eigenvalue weighted by Crippen LogP contribution is 2.45. The van der Waals surface area contributed by atoms with Gasteiger partial charge in [-0.1, -0.05) is 103 Å². The fourth-order valence-electron chi connectivity index (χ4n) is 5.97. The van der Waals surface area contributed by atoms with Gasteiger partial charge in [0.2, 0.25) is 0 Å². The standard InChI is InChI=1S/C37H27N5/c1-37(2)29-23-28(21-22-31(29)42-32-16-10-9-15-30(32)38-36(37)42)24-17-19-27(20-18-24)35-40-33(25-11-5-3-6-12-25)39-34(41-35)26-13-7-4-8-14-26/h3-23H,1-2H3. The summed E-state index contributed by atoms with van der Waals surface area (Å²) in [5.74, 6) is 3.06. The molecule has 0 bridgehead atoms. The fraction of sp³-hybridized carbons (Fsp3) is 0.0811. The number of imidazole rings is 1. The van der Waals surface area contributed by atoms with Crippen molar-refractivity contribution in [3.63, 3.8) is 0 Å². The zero-order valence-corrected chi connectivity index (χ0v) is 23.4. The van der Waals surface area contributed by atoms with E-state index in [9.17, 15) is 0 Å². The molecule has 5 nitrogen and oxygen atoms in total. The van der Waals surface area contributed by atoms with Gasteiger partial charge in [0.05, 0.1) is 22.1 Å². The second-order valence-electron chi connectivity index (χ2n) is 11.2. The number of nitrogens with zero attached hydrogens (tertiary/aromatic N) is 5. The van der Waals surface area contributed by atoms with E-state index in [1.54, 1.807) is 0 Å². The van der Waals surface area contributed by atoms with Gasteiger partial charge in [0.15, 0.2) is 17.5 Å². The Morgan fingerprint density at radius 2 is 0.976 bits per heavy atom. The first-order valence-corrected chi connectivity index (χ1v) is 14.2. The molecular formula is C37H27N5. The summed E-state index contributed by atoms with van der Waals surface area (Å²) < 4.78 is 2.31. The Balaban J connectivity index is 1.18. The van der Waals surface area contributed by atoms with Crippen molar-refractivity contribution >= 4 is 11.0 Å². The van der Waals surface area contributed by atoms with Crippen molar-refractivity contribution in [1.82, 2.24) is 24.5 Å². The molecule has 42 heavy (non-hydrogen) atoms. The number of fused-ring (bicyclic) bond motifs is 5. The molecule has 0 aliphatic carbocycles. The first-order valence-electron chi connectivity index (χ1n) is 14.2. The second kappa shape index (κ2) is 9.32. The summed E-state index contributed by atoms with van der Waals surface area (Å²) in [5, 5.41) is 0. The van der Waals surface area contributed by atoms with Crippen molar-refractivity contribution in [2.45, 2.75) is 19.3 Å². The molecule has 1 aliphatic rings. The largest absolute Gasteiger partial charge is 0.295 e. The third-order valence-electron chi connectivity index (χ3n) is 8.21. The zero-order valence-electron chi connectivity index (χ0n) is 23.4. The van der Waals surface area contributed by atoms with E-state index in [2.05, 4.69) is 79.1 Å². The lowest BCUT2D eigenvalue weighted by Crippen LogP contribution is -2.16. The number of para-hydroxylation sites is 2. The van der Waals surface area contributed by atoms with Crippen LogP contribution in [0.5, 0.6) is 0 Å². The summed E-state index contributed by atoms with van der Waals surface area (Å²) >= 11 is 0. The SMILES string of the molecule is CC1(C)c2cc(-c3ccc(-c4nc(-c5ccccc5)nc(-c5ccccc5)n4)cc3)ccc2-n2c1nc1ccccc12. The summed E-state index contributed by atoms with van der Waals surface area (Å²) in [6, 6.07) is 43.8. The van der Waals surface area contributed by atoms with Crippen LogP contribution < -0.4 is 0 Å². The number of benzene rings is 5. The molecule has 0 saturated heterocycles. The zero-order chi connectivity index (χ0) is 28.3. The maximum Gasteiger partial charge on any atom is 0.164 e. The van der Waals surface area contributed by atoms with Crippen LogP contribution in [0, 0.1) is 0 Å². The van der Waals surface area contributed by atoms with Gasteiger partial charge in [0.1, 0.15) is 5.82 Å². The normalized spacial score (nSPS) is 13.2. The summed E-state index contributed by atoms with van der Waals surface area (Å²) in [6.07, 6.45) is 0. The van der Waals surface area contributed by atoms with Gasteiger partial charge in [-0.05, 0) is 54.8 Å². The van der Waals surface area contributed by atoms with Crippen molar-refractivity contribution in [2.24, 2.45) is 0 Å². The van der Waals surface area contributed by atoms with Crippen LogP contribution in [-0.2, 0) is 5.41 Å². The molecule has 5 heteroatoms. The number of hydrogen-bond acceptors (Lipinski definition) is 4. The van der Waals surface area contributed by atoms with Crippen molar-refractivity contribution in [1.29, 1.82) is 0 Å². The number of rotatable bonds is 4. The van der Waals surface area contributed by atoms with Gasteiger partial charge >= 0.3 is 0 Å². The van der Waals surface area contributed by atoms with Crippen LogP contribution >= 0.6 is 0 Å². The van der Waals surface area contributed by atoms with Crippen LogP contribution in [0.25, 0.3) is 62.0 Å². The summed E-state index contributed by atoms with van der Waals surface area (Å²) in [4.78, 5) is 19.6. The summed E-state index contributed by atoms with van der Waals surface area (Å²) in [6.45, 7) is 4.53. The minimum Gasteiger partial charge on any atom is -0.295 e. The molecule has 1 aliphatic heterocycles. The molecule has 200 valence electrons. The Labute approximate surface area is 244 Å². The third kappa shape index (κ3) is 3.85. The highest BCUT2D eigenvalue weighted by Gasteiger charge is 2.39. The fourth-order valence-corrected chi connectivity index (χ4v) is 5.97. The van der Waals surface area contributed by atoms with Gasteiger partial charge in [-0.3, -0.25) is 4.57 Å². The minimum absolute atomic E-state index is 0.198. The van der Waals surface area contributed by atoms with E-state index in [0.29, 0.717) is 17.5 Å². The highest BCUT2D eigenvalue weighted by atomic mass is 15.1. The van der Waals surface area contributed by atoms with Gasteiger partial charge in [0, 0.05) is 16.7 Å². The van der Waals surface area contributed by atoms with E-state index in [1.165, 1.54) is 16.8 Å². The maximum absolute atomic E-state index is 5.01. The molecule has 0 atom stereocenters. The Kier molecular flexibility index (Phi) is 5.41. The van der Waals surface area contributed by atoms with E-state index < -0.39 is 0 Å². The average molecular weight is 542 g/mol. The Bertz CT molecular complexity index is 2040. The van der Waals surface area contributed by atoms with Crippen LogP contribution in [0.2, 0.25) is 0 Å². The molecule has 5 aromatic carbocycles. The topological polar surface area (TPSA) is 56.5 Å². The molecule has 7 aromatic rings. The van der Waals surface area contributed by atoms with Gasteiger partial charge < -0.3 is 0 Å². The summed E-state index contributed by atoms with van der Waals surface area (Å²) in [7, 11) is 0. The predicted octanol–water partition coefficient (Wildman–Crippen LogP) is 8.52. The quantitative estimate of drug-likeness (QED) is 0.224. The first kappa shape index (κ1) is 24.4. The van der Waals surface area contributed by atoms with Crippen molar-refractivity contribution < 1.29 is 0 Å². The molecule has 0 amide bonds. The lowest BCUT2D eigenvalue weighted by atomic mass is 9.84. The molecule has 8 rings (SSSR count). The maximum atomic E-state index is 5.01. The molecule has 0 saturated carbocycles. The Morgan fingerprint density at radius 1 is 0.476 bits per heavy atom. The molecule has 0 N–H and O–H groups in total. The van der Waals surface area contributed by atoms with Crippen LogP contribution in [-0.4, -0.2) is 24.5 Å². The van der Waals surface area contributed by atoms with Crippen LogP contribution in [0.1, 0.15) is 25.2 Å². The van der Waals surface area contributed by atoms with Crippen molar-refractivity contribution in [3.8, 4) is 51.0 Å². The smallest absolute Gasteiger partial charge is 0.164 e. The summed E-state index contributed by atoms with van der Waals surface area (Å²) in [5.41, 5.74) is 9.67. The Morgan fingerprint density at radius 3 is 1.60 bits per heavy atom. The molecular weight excluding hydrogens is 514 g/mol. The Hall–Kier alpha value is -5.42. The van der Waals surface area contributed by atoms with Gasteiger partial charge in [-0.25, -0.2) is 19.9 Å². The van der Waals surface area contributed by atoms with Crippen LogP contribution in [0.3, 0.4) is 0 Å². The van der Waals surface area contributed by atoms with E-state index in [0.717, 1.165) is 39.1 Å². The number of aromatic nitrogens is 5. The van der Waals surface area contributed by atoms with E-state index >= 15 is 0 Å². The van der Waals surface area contributed by atoms with E-state index in [1.807, 2.05) is 66.7 Å². The molecule has 2 aromatic heterocycles. The monoisotopic (exact) mass is 541 g/mol. The van der Waals surface area contributed by atoms with Crippen LogP contribution in [0.4, 0.5) is 0 Å². The minimum atomic E-state index is -0.198.